The molecular weight excluding hydrogens is 358 g/mol. The minimum atomic E-state index is -0.518. The zero-order valence-electron chi connectivity index (χ0n) is 15.2. The molecule has 28 heavy (non-hydrogen) atoms. The minimum Gasteiger partial charge on any atom is -0.494 e. The second kappa shape index (κ2) is 8.68. The molecule has 3 aromatic rings. The third-order valence-electron chi connectivity index (χ3n) is 4.12. The van der Waals surface area contributed by atoms with Crippen LogP contribution >= 0.6 is 0 Å². The van der Waals surface area contributed by atoms with E-state index in [9.17, 15) is 14.9 Å². The molecule has 0 aliphatic carbocycles. The maximum Gasteiger partial charge on any atom is 0.273 e. The SMILES string of the molecule is COc1cc([N+](=O)[O-])ccc1NC(=O)CNc1ccccc1-c1ccccc1. The minimum absolute atomic E-state index is 0.0317. The van der Waals surface area contributed by atoms with Crippen molar-refractivity contribution < 1.29 is 14.5 Å². The molecule has 0 heterocycles. The first kappa shape index (κ1) is 18.9. The van der Waals surface area contributed by atoms with Crippen molar-refractivity contribution in [2.24, 2.45) is 0 Å². The van der Waals surface area contributed by atoms with Gasteiger partial charge >= 0.3 is 0 Å². The van der Waals surface area contributed by atoms with Crippen LogP contribution in [0.1, 0.15) is 0 Å². The van der Waals surface area contributed by atoms with E-state index in [0.29, 0.717) is 5.69 Å². The number of methoxy groups -OCH3 is 1. The van der Waals surface area contributed by atoms with E-state index in [-0.39, 0.29) is 23.9 Å². The number of ether oxygens (including phenoxy) is 1. The van der Waals surface area contributed by atoms with Gasteiger partial charge in [0, 0.05) is 17.3 Å². The Morgan fingerprint density at radius 3 is 2.43 bits per heavy atom. The molecule has 1 amide bonds. The second-order valence-electron chi connectivity index (χ2n) is 5.96. The molecule has 3 aromatic carbocycles. The van der Waals surface area contributed by atoms with Crippen LogP contribution in [0.15, 0.2) is 72.8 Å². The van der Waals surface area contributed by atoms with Crippen LogP contribution in [-0.4, -0.2) is 24.5 Å². The Balaban J connectivity index is 1.70. The second-order valence-corrected chi connectivity index (χ2v) is 5.96. The number of carbonyl (C=O) groups is 1. The van der Waals surface area contributed by atoms with Gasteiger partial charge in [0.2, 0.25) is 5.91 Å². The predicted molar refractivity (Wildman–Crippen MR) is 109 cm³/mol. The molecule has 0 saturated heterocycles. The van der Waals surface area contributed by atoms with Crippen molar-refractivity contribution in [3.63, 3.8) is 0 Å². The first-order valence-electron chi connectivity index (χ1n) is 8.59. The van der Waals surface area contributed by atoms with Crippen molar-refractivity contribution in [3.8, 4) is 16.9 Å². The highest BCUT2D eigenvalue weighted by molar-refractivity contribution is 5.96. The van der Waals surface area contributed by atoms with Crippen LogP contribution in [-0.2, 0) is 4.79 Å². The molecule has 0 saturated carbocycles. The molecule has 0 radical (unpaired) electrons. The van der Waals surface area contributed by atoms with Crippen molar-refractivity contribution in [2.75, 3.05) is 24.3 Å². The first-order valence-corrected chi connectivity index (χ1v) is 8.59. The van der Waals surface area contributed by atoms with E-state index >= 15 is 0 Å². The van der Waals surface area contributed by atoms with Crippen molar-refractivity contribution in [2.45, 2.75) is 0 Å². The van der Waals surface area contributed by atoms with Gasteiger partial charge in [0.25, 0.3) is 5.69 Å². The van der Waals surface area contributed by atoms with Gasteiger partial charge < -0.3 is 15.4 Å². The Morgan fingerprint density at radius 1 is 1.00 bits per heavy atom. The zero-order chi connectivity index (χ0) is 19.9. The highest BCUT2D eigenvalue weighted by Gasteiger charge is 2.13. The summed E-state index contributed by atoms with van der Waals surface area (Å²) in [5, 5.41) is 16.7. The standard InChI is InChI=1S/C21H19N3O4/c1-28-20-13-16(24(26)27)11-12-19(20)23-21(25)14-22-18-10-6-5-9-17(18)15-7-3-2-4-8-15/h2-13,22H,14H2,1H3,(H,23,25). The van der Waals surface area contributed by atoms with E-state index in [4.69, 9.17) is 4.74 Å². The Bertz CT molecular complexity index is 990. The lowest BCUT2D eigenvalue weighted by Crippen LogP contribution is -2.22. The van der Waals surface area contributed by atoms with E-state index in [1.807, 2.05) is 54.6 Å². The number of nitrogens with zero attached hydrogens (tertiary/aromatic N) is 1. The van der Waals surface area contributed by atoms with Gasteiger partial charge in [-0.05, 0) is 17.7 Å². The van der Waals surface area contributed by atoms with E-state index < -0.39 is 4.92 Å². The highest BCUT2D eigenvalue weighted by atomic mass is 16.6. The molecule has 142 valence electrons. The van der Waals surface area contributed by atoms with Crippen LogP contribution in [0.2, 0.25) is 0 Å². The molecule has 7 heteroatoms. The van der Waals surface area contributed by atoms with Crippen LogP contribution in [0.4, 0.5) is 17.1 Å². The van der Waals surface area contributed by atoms with Crippen molar-refractivity contribution in [1.82, 2.24) is 0 Å². The molecule has 0 spiro atoms. The molecular formula is C21H19N3O4. The molecule has 0 aliphatic rings. The fourth-order valence-corrected chi connectivity index (χ4v) is 2.77. The van der Waals surface area contributed by atoms with Gasteiger partial charge in [-0.25, -0.2) is 0 Å². The van der Waals surface area contributed by atoms with Crippen LogP contribution in [0, 0.1) is 10.1 Å². The number of non-ortho nitro benzene ring substituents is 1. The van der Waals surface area contributed by atoms with Gasteiger partial charge in [0.05, 0.1) is 30.3 Å². The molecule has 2 N–H and O–H groups in total. The fourth-order valence-electron chi connectivity index (χ4n) is 2.77. The summed E-state index contributed by atoms with van der Waals surface area (Å²) in [5.74, 6) is -0.0674. The quantitative estimate of drug-likeness (QED) is 0.472. The topological polar surface area (TPSA) is 93.5 Å². The maximum absolute atomic E-state index is 12.4. The Morgan fingerprint density at radius 2 is 1.71 bits per heavy atom. The summed E-state index contributed by atoms with van der Waals surface area (Å²) < 4.78 is 5.14. The summed E-state index contributed by atoms with van der Waals surface area (Å²) in [4.78, 5) is 22.7. The van der Waals surface area contributed by atoms with Gasteiger partial charge in [-0.2, -0.15) is 0 Å². The normalized spacial score (nSPS) is 10.2. The molecule has 0 atom stereocenters. The molecule has 0 aromatic heterocycles. The average molecular weight is 377 g/mol. The number of hydrogen-bond donors (Lipinski definition) is 2. The van der Waals surface area contributed by atoms with Crippen LogP contribution in [0.3, 0.4) is 0 Å². The number of hydrogen-bond acceptors (Lipinski definition) is 5. The van der Waals surface area contributed by atoms with Gasteiger partial charge in [-0.1, -0.05) is 48.5 Å². The average Bonchev–Trinajstić information content (AvgIpc) is 2.73. The van der Waals surface area contributed by atoms with E-state index in [1.165, 1.54) is 25.3 Å². The van der Waals surface area contributed by atoms with Crippen LogP contribution in [0.5, 0.6) is 5.75 Å². The Hall–Kier alpha value is -3.87. The third kappa shape index (κ3) is 4.45. The Kier molecular flexibility index (Phi) is 5.86. The summed E-state index contributed by atoms with van der Waals surface area (Å²) in [7, 11) is 1.39. The summed E-state index contributed by atoms with van der Waals surface area (Å²) in [6, 6.07) is 21.6. The number of anilines is 2. The largest absolute Gasteiger partial charge is 0.494 e. The monoisotopic (exact) mass is 377 g/mol. The summed E-state index contributed by atoms with van der Waals surface area (Å²) in [6.07, 6.45) is 0. The van der Waals surface area contributed by atoms with Gasteiger partial charge in [-0.15, -0.1) is 0 Å². The number of carbonyl (C=O) groups excluding carboxylic acids is 1. The van der Waals surface area contributed by atoms with Crippen molar-refractivity contribution in [3.05, 3.63) is 82.9 Å². The number of amides is 1. The lowest BCUT2D eigenvalue weighted by molar-refractivity contribution is -0.384. The number of nitro benzene ring substituents is 1. The van der Waals surface area contributed by atoms with E-state index in [0.717, 1.165) is 16.8 Å². The molecule has 0 fully saturated rings. The number of para-hydroxylation sites is 1. The predicted octanol–water partition coefficient (Wildman–Crippen LogP) is 4.32. The summed E-state index contributed by atoms with van der Waals surface area (Å²) >= 11 is 0. The molecule has 3 rings (SSSR count). The maximum atomic E-state index is 12.4. The molecule has 0 aliphatic heterocycles. The number of rotatable bonds is 7. The number of nitrogens with one attached hydrogen (secondary N) is 2. The smallest absolute Gasteiger partial charge is 0.273 e. The van der Waals surface area contributed by atoms with E-state index in [2.05, 4.69) is 10.6 Å². The highest BCUT2D eigenvalue weighted by Crippen LogP contribution is 2.29. The molecule has 0 bridgehead atoms. The van der Waals surface area contributed by atoms with Crippen molar-refractivity contribution >= 4 is 23.0 Å². The van der Waals surface area contributed by atoms with Crippen LogP contribution in [0.25, 0.3) is 11.1 Å². The third-order valence-corrected chi connectivity index (χ3v) is 4.12. The first-order chi connectivity index (χ1) is 13.6. The lowest BCUT2D eigenvalue weighted by Gasteiger charge is -2.13. The molecule has 0 unspecified atom stereocenters. The van der Waals surface area contributed by atoms with Crippen LogP contribution < -0.4 is 15.4 Å². The summed E-state index contributed by atoms with van der Waals surface area (Å²) in [5.41, 5.74) is 3.13. The summed E-state index contributed by atoms with van der Waals surface area (Å²) in [6.45, 7) is 0.0317. The number of nitro groups is 1. The fraction of sp³-hybridized carbons (Fsp3) is 0.0952. The van der Waals surface area contributed by atoms with E-state index in [1.54, 1.807) is 0 Å². The Labute approximate surface area is 162 Å². The number of benzene rings is 3. The molecule has 7 nitrogen and oxygen atoms in total. The lowest BCUT2D eigenvalue weighted by atomic mass is 10.0. The van der Waals surface area contributed by atoms with Gasteiger partial charge in [0.1, 0.15) is 5.75 Å². The van der Waals surface area contributed by atoms with Gasteiger partial charge in [-0.3, -0.25) is 14.9 Å². The van der Waals surface area contributed by atoms with Crippen molar-refractivity contribution in [1.29, 1.82) is 0 Å². The van der Waals surface area contributed by atoms with Gasteiger partial charge in [0.15, 0.2) is 0 Å². The zero-order valence-corrected chi connectivity index (χ0v) is 15.2.